The number of carbonyl (C=O) groups excluding carboxylic acids is 2. The third-order valence-corrected chi connectivity index (χ3v) is 6.60. The van der Waals surface area contributed by atoms with Crippen LogP contribution in [0.5, 0.6) is 0 Å². The van der Waals surface area contributed by atoms with Crippen LogP contribution in [0.1, 0.15) is 38.2 Å². The van der Waals surface area contributed by atoms with Crippen molar-refractivity contribution in [2.75, 3.05) is 38.0 Å². The molecule has 150 valence electrons. The second-order valence-corrected chi connectivity index (χ2v) is 8.67. The maximum absolute atomic E-state index is 12.8. The second-order valence-electron chi connectivity index (χ2n) is 7.41. The van der Waals surface area contributed by atoms with Gasteiger partial charge in [0.25, 0.3) is 5.91 Å². The first kappa shape index (κ1) is 20.6. The Bertz CT molecular complexity index is 867. The van der Waals surface area contributed by atoms with Crippen LogP contribution in [0.3, 0.4) is 0 Å². The molecule has 1 saturated heterocycles. The first-order valence-electron chi connectivity index (χ1n) is 9.86. The average Bonchev–Trinajstić information content (AvgIpc) is 3.06. The summed E-state index contributed by atoms with van der Waals surface area (Å²) in [4.78, 5) is 31.3. The van der Waals surface area contributed by atoms with Gasteiger partial charge in [0.2, 0.25) is 5.91 Å². The number of aryl methyl sites for hydroxylation is 3. The first-order chi connectivity index (χ1) is 13.4. The lowest BCUT2D eigenvalue weighted by molar-refractivity contribution is -0.117. The number of carbonyl (C=O) groups is 2. The Kier molecular flexibility index (Phi) is 6.52. The fourth-order valence-corrected chi connectivity index (χ4v) is 4.60. The van der Waals surface area contributed by atoms with Crippen LogP contribution in [0.25, 0.3) is 0 Å². The van der Waals surface area contributed by atoms with Crippen molar-refractivity contribution in [3.8, 4) is 0 Å². The molecule has 2 heterocycles. The molecule has 1 N–H and O–H groups in total. The zero-order chi connectivity index (χ0) is 20.3. The van der Waals surface area contributed by atoms with E-state index in [-0.39, 0.29) is 11.8 Å². The summed E-state index contributed by atoms with van der Waals surface area (Å²) in [6.45, 7) is 11.4. The Morgan fingerprint density at radius 3 is 2.46 bits per heavy atom. The van der Waals surface area contributed by atoms with Gasteiger partial charge in [0.15, 0.2) is 0 Å². The molecule has 1 aromatic heterocycles. The van der Waals surface area contributed by atoms with Crippen LogP contribution in [0.4, 0.5) is 5.69 Å². The van der Waals surface area contributed by atoms with Crippen molar-refractivity contribution < 1.29 is 9.59 Å². The van der Waals surface area contributed by atoms with E-state index < -0.39 is 0 Å². The molecule has 2 aromatic rings. The number of benzene rings is 1. The van der Waals surface area contributed by atoms with E-state index in [2.05, 4.69) is 24.1 Å². The Hall–Kier alpha value is -2.18. The average molecular weight is 400 g/mol. The number of anilines is 1. The van der Waals surface area contributed by atoms with Gasteiger partial charge in [0, 0.05) is 36.7 Å². The molecule has 2 amide bonds. The molecule has 3 rings (SSSR count). The monoisotopic (exact) mass is 399 g/mol. The summed E-state index contributed by atoms with van der Waals surface area (Å²) in [5, 5.41) is 3.01. The summed E-state index contributed by atoms with van der Waals surface area (Å²) < 4.78 is 0. The van der Waals surface area contributed by atoms with Crippen LogP contribution in [0.15, 0.2) is 24.3 Å². The molecule has 0 radical (unpaired) electrons. The highest BCUT2D eigenvalue weighted by Gasteiger charge is 2.24. The minimum atomic E-state index is -0.00468. The minimum Gasteiger partial charge on any atom is -0.335 e. The van der Waals surface area contributed by atoms with Crippen LogP contribution in [-0.2, 0) is 11.2 Å². The number of hydrogen-bond donors (Lipinski definition) is 1. The van der Waals surface area contributed by atoms with Gasteiger partial charge in [-0.2, -0.15) is 0 Å². The van der Waals surface area contributed by atoms with E-state index in [9.17, 15) is 9.59 Å². The molecule has 5 nitrogen and oxygen atoms in total. The van der Waals surface area contributed by atoms with Crippen LogP contribution in [0, 0.1) is 20.8 Å². The van der Waals surface area contributed by atoms with Gasteiger partial charge >= 0.3 is 0 Å². The number of thiophene rings is 1. The summed E-state index contributed by atoms with van der Waals surface area (Å²) in [7, 11) is 0. The van der Waals surface area contributed by atoms with Gasteiger partial charge in [-0.15, -0.1) is 11.3 Å². The molecule has 1 aliphatic rings. The molecule has 6 heteroatoms. The predicted octanol–water partition coefficient (Wildman–Crippen LogP) is 3.63. The zero-order valence-corrected chi connectivity index (χ0v) is 18.0. The second kappa shape index (κ2) is 8.88. The molecule has 0 unspecified atom stereocenters. The highest BCUT2D eigenvalue weighted by Crippen LogP contribution is 2.24. The zero-order valence-electron chi connectivity index (χ0n) is 17.2. The van der Waals surface area contributed by atoms with Crippen molar-refractivity contribution in [2.24, 2.45) is 0 Å². The molecular weight excluding hydrogens is 370 g/mol. The van der Waals surface area contributed by atoms with E-state index in [4.69, 9.17) is 0 Å². The lowest BCUT2D eigenvalue weighted by Gasteiger charge is -2.34. The van der Waals surface area contributed by atoms with Gasteiger partial charge in [0.05, 0.1) is 11.4 Å². The molecule has 28 heavy (non-hydrogen) atoms. The quantitative estimate of drug-likeness (QED) is 0.835. The topological polar surface area (TPSA) is 52.7 Å². The normalized spacial score (nSPS) is 14.9. The summed E-state index contributed by atoms with van der Waals surface area (Å²) in [6, 6.07) is 7.97. The maximum Gasteiger partial charge on any atom is 0.264 e. The largest absolute Gasteiger partial charge is 0.335 e. The number of piperazine rings is 1. The fourth-order valence-electron chi connectivity index (χ4n) is 3.52. The number of nitrogens with zero attached hydrogens (tertiary/aromatic N) is 2. The van der Waals surface area contributed by atoms with Gasteiger partial charge in [0.1, 0.15) is 0 Å². The van der Waals surface area contributed by atoms with Crippen molar-refractivity contribution in [2.45, 2.75) is 34.1 Å². The highest BCUT2D eigenvalue weighted by atomic mass is 32.1. The maximum atomic E-state index is 12.8. The van der Waals surface area contributed by atoms with Crippen LogP contribution >= 0.6 is 11.3 Å². The molecule has 1 aromatic carbocycles. The van der Waals surface area contributed by atoms with Gasteiger partial charge in [-0.3, -0.25) is 14.5 Å². The third-order valence-electron chi connectivity index (χ3n) is 5.52. The molecule has 0 bridgehead atoms. The lowest BCUT2D eigenvalue weighted by Crippen LogP contribution is -2.50. The van der Waals surface area contributed by atoms with Gasteiger partial charge in [-0.05, 0) is 56.0 Å². The van der Waals surface area contributed by atoms with Crippen molar-refractivity contribution in [3.05, 3.63) is 50.7 Å². The van der Waals surface area contributed by atoms with Crippen molar-refractivity contribution in [1.29, 1.82) is 0 Å². The molecule has 0 saturated carbocycles. The van der Waals surface area contributed by atoms with Crippen LogP contribution < -0.4 is 5.32 Å². The predicted molar refractivity (Wildman–Crippen MR) is 115 cm³/mol. The number of amides is 2. The van der Waals surface area contributed by atoms with E-state index >= 15 is 0 Å². The molecule has 0 atom stereocenters. The third kappa shape index (κ3) is 4.62. The molecule has 0 aliphatic carbocycles. The standard InChI is InChI=1S/C22H29N3O2S/c1-5-18-13-20(28-17(18)4)22(27)25-11-9-24(10-12-25)14-21(26)23-19-8-6-7-15(2)16(19)3/h6-8,13H,5,9-12,14H2,1-4H3,(H,23,26). The van der Waals surface area contributed by atoms with Gasteiger partial charge in [-0.25, -0.2) is 0 Å². The van der Waals surface area contributed by atoms with E-state index in [0.29, 0.717) is 19.6 Å². The van der Waals surface area contributed by atoms with Crippen molar-refractivity contribution in [1.82, 2.24) is 9.80 Å². The molecule has 0 spiro atoms. The summed E-state index contributed by atoms with van der Waals surface area (Å²) in [5.74, 6) is 0.113. The molecule has 1 fully saturated rings. The van der Waals surface area contributed by atoms with E-state index in [1.165, 1.54) is 16.0 Å². The summed E-state index contributed by atoms with van der Waals surface area (Å²) >= 11 is 1.59. The Labute approximate surface area is 171 Å². The fraction of sp³-hybridized carbons (Fsp3) is 0.455. The van der Waals surface area contributed by atoms with Gasteiger partial charge in [-0.1, -0.05) is 19.1 Å². The minimum absolute atomic E-state index is 0.00468. The van der Waals surface area contributed by atoms with E-state index in [0.717, 1.165) is 35.6 Å². The molecule has 1 aliphatic heterocycles. The first-order valence-corrected chi connectivity index (χ1v) is 10.7. The molecular formula is C22H29N3O2S. The van der Waals surface area contributed by atoms with Crippen molar-refractivity contribution in [3.63, 3.8) is 0 Å². The number of nitrogens with one attached hydrogen (secondary N) is 1. The number of rotatable bonds is 5. The van der Waals surface area contributed by atoms with Crippen molar-refractivity contribution >= 4 is 28.8 Å². The van der Waals surface area contributed by atoms with E-state index in [1.54, 1.807) is 11.3 Å². The van der Waals surface area contributed by atoms with Crippen LogP contribution in [0.2, 0.25) is 0 Å². The smallest absolute Gasteiger partial charge is 0.264 e. The Morgan fingerprint density at radius 2 is 1.82 bits per heavy atom. The van der Waals surface area contributed by atoms with E-state index in [1.807, 2.05) is 43.0 Å². The van der Waals surface area contributed by atoms with Crippen LogP contribution in [-0.4, -0.2) is 54.3 Å². The Morgan fingerprint density at radius 1 is 1.11 bits per heavy atom. The summed E-state index contributed by atoms with van der Waals surface area (Å²) in [6.07, 6.45) is 0.957. The van der Waals surface area contributed by atoms with Gasteiger partial charge < -0.3 is 10.2 Å². The Balaban J connectivity index is 1.51. The highest BCUT2D eigenvalue weighted by molar-refractivity contribution is 7.14. The lowest BCUT2D eigenvalue weighted by atomic mass is 10.1. The summed E-state index contributed by atoms with van der Waals surface area (Å²) in [5.41, 5.74) is 4.40. The SMILES string of the molecule is CCc1cc(C(=O)N2CCN(CC(=O)Nc3cccc(C)c3C)CC2)sc1C. The number of hydrogen-bond acceptors (Lipinski definition) is 4.